The molecule has 146 valence electrons. The Balaban J connectivity index is 1.78. The summed E-state index contributed by atoms with van der Waals surface area (Å²) in [6.45, 7) is 7.39. The summed E-state index contributed by atoms with van der Waals surface area (Å²) in [6.07, 6.45) is 0. The minimum atomic E-state index is -3.19. The van der Waals surface area contributed by atoms with Gasteiger partial charge >= 0.3 is 7.75 Å². The molecule has 1 heterocycles. The van der Waals surface area contributed by atoms with E-state index in [1.165, 1.54) is 11.1 Å². The molecule has 0 N–H and O–H groups in total. The number of hydrogen-bond donors (Lipinski definition) is 0. The lowest BCUT2D eigenvalue weighted by atomic mass is 9.96. The highest BCUT2D eigenvalue weighted by atomic mass is 31.2. The summed E-state index contributed by atoms with van der Waals surface area (Å²) in [5.41, 5.74) is 2.55. The summed E-state index contributed by atoms with van der Waals surface area (Å²) >= 11 is 0. The van der Waals surface area contributed by atoms with E-state index in [2.05, 4.69) is 53.4 Å². The minimum absolute atomic E-state index is 0.188. The van der Waals surface area contributed by atoms with Crippen LogP contribution in [-0.4, -0.2) is 49.0 Å². The predicted octanol–water partition coefficient (Wildman–Crippen LogP) is 4.57. The van der Waals surface area contributed by atoms with Gasteiger partial charge in [-0.15, -0.1) is 0 Å². The predicted molar refractivity (Wildman–Crippen MR) is 109 cm³/mol. The minimum Gasteiger partial charge on any atom is -0.297 e. The molecule has 0 spiro atoms. The monoisotopic (exact) mass is 388 g/mol. The fourth-order valence-corrected chi connectivity index (χ4v) is 5.35. The first kappa shape index (κ1) is 20.2. The van der Waals surface area contributed by atoms with Crippen molar-refractivity contribution >= 4 is 7.75 Å². The van der Waals surface area contributed by atoms with E-state index in [-0.39, 0.29) is 6.04 Å². The van der Waals surface area contributed by atoms with Gasteiger partial charge in [0.05, 0.1) is 19.3 Å². The molecule has 0 bridgehead atoms. The molecule has 0 radical (unpaired) electrons. The summed E-state index contributed by atoms with van der Waals surface area (Å²) in [6, 6.07) is 21.3. The maximum Gasteiger partial charge on any atom is 0.408 e. The Morgan fingerprint density at radius 1 is 0.815 bits per heavy atom. The van der Waals surface area contributed by atoms with Gasteiger partial charge in [-0.2, -0.15) is 0 Å². The molecule has 0 aliphatic carbocycles. The second-order valence-corrected chi connectivity index (χ2v) is 8.54. The van der Waals surface area contributed by atoms with Crippen molar-refractivity contribution in [3.8, 4) is 0 Å². The summed E-state index contributed by atoms with van der Waals surface area (Å²) in [5, 5.41) is 0. The summed E-state index contributed by atoms with van der Waals surface area (Å²) < 4.78 is 26.0. The van der Waals surface area contributed by atoms with Crippen molar-refractivity contribution in [1.29, 1.82) is 0 Å². The zero-order valence-electron chi connectivity index (χ0n) is 16.2. The lowest BCUT2D eigenvalue weighted by Crippen LogP contribution is -2.46. The van der Waals surface area contributed by atoms with Crippen molar-refractivity contribution in [3.05, 3.63) is 71.8 Å². The van der Waals surface area contributed by atoms with Crippen LogP contribution in [0, 0.1) is 0 Å². The van der Waals surface area contributed by atoms with Crippen molar-refractivity contribution in [3.63, 3.8) is 0 Å². The molecule has 1 aliphatic rings. The highest BCUT2D eigenvalue weighted by Crippen LogP contribution is 2.52. The van der Waals surface area contributed by atoms with Gasteiger partial charge in [-0.25, -0.2) is 9.24 Å². The summed E-state index contributed by atoms with van der Waals surface area (Å²) in [5.74, 6) is 0. The highest BCUT2D eigenvalue weighted by Gasteiger charge is 2.37. The second kappa shape index (κ2) is 9.63. The fourth-order valence-electron chi connectivity index (χ4n) is 3.63. The van der Waals surface area contributed by atoms with Gasteiger partial charge in [-0.05, 0) is 25.0 Å². The largest absolute Gasteiger partial charge is 0.408 e. The Kier molecular flexibility index (Phi) is 7.22. The Bertz CT molecular complexity index is 684. The molecule has 1 saturated heterocycles. The van der Waals surface area contributed by atoms with Gasteiger partial charge in [0, 0.05) is 26.2 Å². The van der Waals surface area contributed by atoms with Crippen LogP contribution in [0.15, 0.2) is 60.7 Å². The number of nitrogens with zero attached hydrogens (tertiary/aromatic N) is 2. The van der Waals surface area contributed by atoms with Crippen LogP contribution in [0.2, 0.25) is 0 Å². The molecule has 3 rings (SSSR count). The van der Waals surface area contributed by atoms with Gasteiger partial charge in [0.2, 0.25) is 0 Å². The van der Waals surface area contributed by atoms with Crippen LogP contribution in [0.5, 0.6) is 0 Å². The molecule has 0 unspecified atom stereocenters. The molecular weight excluding hydrogens is 359 g/mol. The third-order valence-electron chi connectivity index (χ3n) is 4.82. The van der Waals surface area contributed by atoms with Crippen LogP contribution in [0.4, 0.5) is 0 Å². The maximum absolute atomic E-state index is 13.0. The molecule has 5 nitrogen and oxygen atoms in total. The molecule has 27 heavy (non-hydrogen) atoms. The lowest BCUT2D eigenvalue weighted by molar-refractivity contribution is 0.110. The quantitative estimate of drug-likeness (QED) is 0.620. The first-order valence-electron chi connectivity index (χ1n) is 9.66. The van der Waals surface area contributed by atoms with Crippen LogP contribution < -0.4 is 0 Å². The number of hydrogen-bond acceptors (Lipinski definition) is 4. The number of piperazine rings is 1. The van der Waals surface area contributed by atoms with E-state index in [0.717, 1.165) is 13.1 Å². The maximum atomic E-state index is 13.0. The molecule has 0 atom stereocenters. The lowest BCUT2D eigenvalue weighted by Gasteiger charge is -2.41. The summed E-state index contributed by atoms with van der Waals surface area (Å²) in [7, 11) is -3.19. The highest BCUT2D eigenvalue weighted by molar-refractivity contribution is 7.51. The average Bonchev–Trinajstić information content (AvgIpc) is 2.71. The van der Waals surface area contributed by atoms with Gasteiger partial charge in [-0.3, -0.25) is 13.9 Å². The van der Waals surface area contributed by atoms with Gasteiger partial charge < -0.3 is 0 Å². The van der Waals surface area contributed by atoms with Crippen molar-refractivity contribution in [2.75, 3.05) is 39.4 Å². The average molecular weight is 388 g/mol. The summed E-state index contributed by atoms with van der Waals surface area (Å²) in [4.78, 5) is 2.45. The van der Waals surface area contributed by atoms with Gasteiger partial charge in [0.1, 0.15) is 0 Å². The molecule has 1 fully saturated rings. The normalized spacial score (nSPS) is 16.7. The van der Waals surface area contributed by atoms with Gasteiger partial charge in [0.25, 0.3) is 0 Å². The van der Waals surface area contributed by atoms with Gasteiger partial charge in [-0.1, -0.05) is 60.7 Å². The Morgan fingerprint density at radius 3 is 1.67 bits per heavy atom. The Labute approximate surface area is 162 Å². The van der Waals surface area contributed by atoms with Crippen molar-refractivity contribution in [2.45, 2.75) is 19.9 Å². The third kappa shape index (κ3) is 4.87. The van der Waals surface area contributed by atoms with E-state index < -0.39 is 7.75 Å². The van der Waals surface area contributed by atoms with E-state index in [1.54, 1.807) is 0 Å². The molecule has 6 heteroatoms. The van der Waals surface area contributed by atoms with E-state index in [9.17, 15) is 4.57 Å². The first-order chi connectivity index (χ1) is 13.2. The molecule has 0 amide bonds. The van der Waals surface area contributed by atoms with Crippen molar-refractivity contribution < 1.29 is 13.6 Å². The van der Waals surface area contributed by atoms with E-state index >= 15 is 0 Å². The Morgan fingerprint density at radius 2 is 1.26 bits per heavy atom. The van der Waals surface area contributed by atoms with Crippen LogP contribution >= 0.6 is 7.75 Å². The Hall–Kier alpha value is -1.49. The van der Waals surface area contributed by atoms with E-state index in [0.29, 0.717) is 26.3 Å². The molecule has 2 aromatic rings. The van der Waals surface area contributed by atoms with Crippen LogP contribution in [0.1, 0.15) is 31.0 Å². The van der Waals surface area contributed by atoms with E-state index in [4.69, 9.17) is 9.05 Å². The van der Waals surface area contributed by atoms with Gasteiger partial charge in [0.15, 0.2) is 0 Å². The topological polar surface area (TPSA) is 42.0 Å². The van der Waals surface area contributed by atoms with Crippen molar-refractivity contribution in [2.24, 2.45) is 0 Å². The fraction of sp³-hybridized carbons (Fsp3) is 0.429. The SMILES string of the molecule is CCOP(=O)(OCC)N1CCN(C(c2ccccc2)c2ccccc2)CC1. The third-order valence-corrected chi connectivity index (χ3v) is 7.08. The molecular formula is C21H29N2O3P. The molecule has 0 saturated carbocycles. The van der Waals surface area contributed by atoms with Crippen molar-refractivity contribution in [1.82, 2.24) is 9.57 Å². The second-order valence-electron chi connectivity index (χ2n) is 6.52. The zero-order chi connectivity index (χ0) is 19.1. The first-order valence-corrected chi connectivity index (χ1v) is 11.2. The van der Waals surface area contributed by atoms with Crippen LogP contribution in [0.25, 0.3) is 0 Å². The molecule has 2 aromatic carbocycles. The molecule has 1 aliphatic heterocycles. The van der Waals surface area contributed by atoms with Crippen LogP contribution in [-0.2, 0) is 13.6 Å². The zero-order valence-corrected chi connectivity index (χ0v) is 17.1. The smallest absolute Gasteiger partial charge is 0.297 e. The van der Waals surface area contributed by atoms with E-state index in [1.807, 2.05) is 30.7 Å². The molecule has 0 aromatic heterocycles. The van der Waals surface area contributed by atoms with Crippen LogP contribution in [0.3, 0.4) is 0 Å². The standard InChI is InChI=1S/C21H29N2O3P/c1-3-25-27(24,26-4-2)23-17-15-22(16-18-23)21(19-11-7-5-8-12-19)20-13-9-6-10-14-20/h5-14,21H,3-4,15-18H2,1-2H3. The number of benzene rings is 2. The number of rotatable bonds is 8.